The van der Waals surface area contributed by atoms with E-state index in [4.69, 9.17) is 16.3 Å². The van der Waals surface area contributed by atoms with Crippen molar-refractivity contribution >= 4 is 23.2 Å². The lowest BCUT2D eigenvalue weighted by molar-refractivity contribution is -0.385. The van der Waals surface area contributed by atoms with E-state index in [9.17, 15) is 28.1 Å². The monoisotopic (exact) mass is 404 g/mol. The number of ether oxygens (including phenoxy) is 2. The van der Waals surface area contributed by atoms with Crippen molar-refractivity contribution in [2.45, 2.75) is 12.9 Å². The van der Waals surface area contributed by atoms with Gasteiger partial charge in [-0.3, -0.25) is 14.9 Å². The van der Waals surface area contributed by atoms with Gasteiger partial charge >= 0.3 is 12.0 Å². The highest BCUT2D eigenvalue weighted by Crippen LogP contribution is 2.30. The normalized spacial score (nSPS) is 11.0. The number of halogens is 4. The molecule has 0 saturated heterocycles. The van der Waals surface area contributed by atoms with Crippen molar-refractivity contribution in [1.29, 1.82) is 0 Å². The third-order valence-corrected chi connectivity index (χ3v) is 3.39. The summed E-state index contributed by atoms with van der Waals surface area (Å²) in [5.41, 5.74) is -0.320. The Labute approximate surface area is 155 Å². The number of hydrogen-bond donors (Lipinski definition) is 1. The highest BCUT2D eigenvalue weighted by atomic mass is 35.5. The van der Waals surface area contributed by atoms with E-state index in [1.807, 2.05) is 0 Å². The zero-order valence-electron chi connectivity index (χ0n) is 13.5. The maximum atomic E-state index is 12.4. The van der Waals surface area contributed by atoms with Gasteiger partial charge in [-0.25, -0.2) is 0 Å². The number of nitro benzene ring substituents is 1. The minimum atomic E-state index is -4.86. The molecule has 0 radical (unpaired) electrons. The van der Waals surface area contributed by atoms with Gasteiger partial charge < -0.3 is 14.8 Å². The van der Waals surface area contributed by atoms with Gasteiger partial charge in [0.05, 0.1) is 4.92 Å². The molecule has 27 heavy (non-hydrogen) atoms. The largest absolute Gasteiger partial charge is 0.573 e. The Kier molecular flexibility index (Phi) is 6.45. The third kappa shape index (κ3) is 6.33. The van der Waals surface area contributed by atoms with Gasteiger partial charge in [-0.2, -0.15) is 0 Å². The number of nitrogens with one attached hydrogen (secondary N) is 1. The number of carbonyl (C=O) groups excluding carboxylic acids is 1. The van der Waals surface area contributed by atoms with E-state index in [0.717, 1.165) is 12.1 Å². The molecule has 0 aliphatic carbocycles. The molecule has 7 nitrogen and oxygen atoms in total. The molecule has 0 spiro atoms. The summed E-state index contributed by atoms with van der Waals surface area (Å²) in [5.74, 6) is -1.30. The summed E-state index contributed by atoms with van der Waals surface area (Å²) in [6.07, 6.45) is -4.86. The summed E-state index contributed by atoms with van der Waals surface area (Å²) < 4.78 is 46.1. The number of benzene rings is 2. The van der Waals surface area contributed by atoms with Crippen molar-refractivity contribution in [3.8, 4) is 11.5 Å². The van der Waals surface area contributed by atoms with Crippen LogP contribution in [0.4, 0.5) is 18.9 Å². The zero-order chi connectivity index (χ0) is 20.0. The number of nitrogens with zero attached hydrogens (tertiary/aromatic N) is 1. The lowest BCUT2D eigenvalue weighted by atomic mass is 10.2. The number of alkyl halides is 3. The van der Waals surface area contributed by atoms with E-state index >= 15 is 0 Å². The Hall–Kier alpha value is -3.01. The van der Waals surface area contributed by atoms with E-state index < -0.39 is 35.2 Å². The second kappa shape index (κ2) is 8.58. The summed E-state index contributed by atoms with van der Waals surface area (Å²) in [6, 6.07) is 8.97. The Balaban J connectivity index is 1.96. The first-order valence-electron chi connectivity index (χ1n) is 7.33. The van der Waals surface area contributed by atoms with Crippen molar-refractivity contribution in [3.05, 3.63) is 63.2 Å². The fourth-order valence-corrected chi connectivity index (χ4v) is 2.18. The molecule has 2 rings (SSSR count). The smallest absolute Gasteiger partial charge is 0.477 e. The molecule has 1 amide bonds. The fraction of sp³-hybridized carbons (Fsp3) is 0.188. The van der Waals surface area contributed by atoms with Crippen LogP contribution in [-0.2, 0) is 11.3 Å². The molecule has 2 aromatic carbocycles. The molecule has 0 fully saturated rings. The van der Waals surface area contributed by atoms with Crippen molar-refractivity contribution in [1.82, 2.24) is 5.32 Å². The number of para-hydroxylation sites is 1. The van der Waals surface area contributed by atoms with Crippen LogP contribution in [0.1, 0.15) is 5.56 Å². The van der Waals surface area contributed by atoms with Gasteiger partial charge in [0, 0.05) is 23.2 Å². The van der Waals surface area contributed by atoms with Gasteiger partial charge in [-0.1, -0.05) is 29.8 Å². The van der Waals surface area contributed by atoms with Crippen LogP contribution in [0.15, 0.2) is 42.5 Å². The number of carbonyl (C=O) groups is 1. The summed E-state index contributed by atoms with van der Waals surface area (Å²) in [7, 11) is 0. The predicted molar refractivity (Wildman–Crippen MR) is 88.6 cm³/mol. The lowest BCUT2D eigenvalue weighted by Crippen LogP contribution is -2.29. The first-order valence-corrected chi connectivity index (χ1v) is 7.70. The molecule has 0 atom stereocenters. The fourth-order valence-electron chi connectivity index (χ4n) is 2.02. The Morgan fingerprint density at radius 2 is 1.89 bits per heavy atom. The molecule has 0 aliphatic heterocycles. The molecule has 0 aliphatic rings. The lowest BCUT2D eigenvalue weighted by Gasteiger charge is -2.13. The molecule has 144 valence electrons. The molecule has 0 bridgehead atoms. The standard InChI is InChI=1S/C16H12ClF3N2O5/c17-11-5-6-14(12(7-11)22(24)25)26-9-15(23)21-8-10-3-1-2-4-13(10)27-16(18,19)20/h1-7H,8-9H2,(H,21,23). The van der Waals surface area contributed by atoms with Gasteiger partial charge in [-0.05, 0) is 18.2 Å². The Morgan fingerprint density at radius 1 is 1.19 bits per heavy atom. The molecule has 0 heterocycles. The summed E-state index contributed by atoms with van der Waals surface area (Å²) in [6.45, 7) is -0.831. The molecular weight excluding hydrogens is 393 g/mol. The van der Waals surface area contributed by atoms with Crippen LogP contribution in [0.2, 0.25) is 5.02 Å². The van der Waals surface area contributed by atoms with E-state index in [1.165, 1.54) is 30.3 Å². The quantitative estimate of drug-likeness (QED) is 0.559. The van der Waals surface area contributed by atoms with Crippen LogP contribution in [0.5, 0.6) is 11.5 Å². The molecule has 1 N–H and O–H groups in total. The third-order valence-electron chi connectivity index (χ3n) is 3.15. The van der Waals surface area contributed by atoms with Crippen LogP contribution in [0, 0.1) is 10.1 Å². The van der Waals surface area contributed by atoms with Gasteiger partial charge in [-0.15, -0.1) is 13.2 Å². The Bertz CT molecular complexity index is 845. The van der Waals surface area contributed by atoms with Crippen molar-refractivity contribution in [2.75, 3.05) is 6.61 Å². The number of nitro groups is 1. The van der Waals surface area contributed by atoms with Crippen molar-refractivity contribution < 1.29 is 32.4 Å². The van der Waals surface area contributed by atoms with E-state index in [0.29, 0.717) is 0 Å². The highest BCUT2D eigenvalue weighted by Gasteiger charge is 2.32. The summed E-state index contributed by atoms with van der Waals surface area (Å²) >= 11 is 5.67. The second-order valence-corrected chi connectivity index (χ2v) is 5.53. The average molecular weight is 405 g/mol. The van der Waals surface area contributed by atoms with Crippen molar-refractivity contribution in [3.63, 3.8) is 0 Å². The SMILES string of the molecule is O=C(COc1ccc(Cl)cc1[N+](=O)[O-])NCc1ccccc1OC(F)(F)F. The average Bonchev–Trinajstić information content (AvgIpc) is 2.58. The van der Waals surface area contributed by atoms with Gasteiger partial charge in [0.2, 0.25) is 0 Å². The number of amides is 1. The molecule has 0 aromatic heterocycles. The van der Waals surface area contributed by atoms with Gasteiger partial charge in [0.15, 0.2) is 12.4 Å². The maximum Gasteiger partial charge on any atom is 0.573 e. The zero-order valence-corrected chi connectivity index (χ0v) is 14.2. The molecule has 2 aromatic rings. The van der Waals surface area contributed by atoms with Gasteiger partial charge in [0.1, 0.15) is 5.75 Å². The first kappa shape index (κ1) is 20.3. The van der Waals surface area contributed by atoms with Gasteiger partial charge in [0.25, 0.3) is 5.91 Å². The minimum absolute atomic E-state index is 0.0978. The van der Waals surface area contributed by atoms with Crippen LogP contribution >= 0.6 is 11.6 Å². The van der Waals surface area contributed by atoms with Crippen LogP contribution < -0.4 is 14.8 Å². The summed E-state index contributed by atoms with van der Waals surface area (Å²) in [4.78, 5) is 22.1. The summed E-state index contributed by atoms with van der Waals surface area (Å²) in [5, 5.41) is 13.4. The van der Waals surface area contributed by atoms with E-state index in [2.05, 4.69) is 10.1 Å². The molecule has 11 heteroatoms. The Morgan fingerprint density at radius 3 is 2.56 bits per heavy atom. The second-order valence-electron chi connectivity index (χ2n) is 5.09. The highest BCUT2D eigenvalue weighted by molar-refractivity contribution is 6.30. The van der Waals surface area contributed by atoms with E-state index in [-0.39, 0.29) is 22.9 Å². The predicted octanol–water partition coefficient (Wildman–Crippen LogP) is 3.84. The number of hydrogen-bond acceptors (Lipinski definition) is 5. The van der Waals surface area contributed by atoms with Crippen LogP contribution in [0.25, 0.3) is 0 Å². The molecule has 0 unspecified atom stereocenters. The molecular formula is C16H12ClF3N2O5. The van der Waals surface area contributed by atoms with Crippen LogP contribution in [-0.4, -0.2) is 23.8 Å². The number of rotatable bonds is 7. The molecule has 0 saturated carbocycles. The topological polar surface area (TPSA) is 90.7 Å². The minimum Gasteiger partial charge on any atom is -0.477 e. The first-order chi connectivity index (χ1) is 12.7. The maximum absolute atomic E-state index is 12.4. The van der Waals surface area contributed by atoms with E-state index in [1.54, 1.807) is 0 Å². The van der Waals surface area contributed by atoms with Crippen LogP contribution in [0.3, 0.4) is 0 Å². The van der Waals surface area contributed by atoms with Crippen molar-refractivity contribution in [2.24, 2.45) is 0 Å².